The first kappa shape index (κ1) is 36.7. The summed E-state index contributed by atoms with van der Waals surface area (Å²) < 4.78 is 0. The molecule has 0 fully saturated rings. The van der Waals surface area contributed by atoms with Crippen LogP contribution in [0.25, 0.3) is 0 Å². The van der Waals surface area contributed by atoms with Crippen LogP contribution < -0.4 is 29.4 Å². The number of hydrogen-bond donors (Lipinski definition) is 0. The summed E-state index contributed by atoms with van der Waals surface area (Å²) >= 11 is 0. The first-order valence-corrected chi connectivity index (χ1v) is 3.27. The fourth-order valence-corrected chi connectivity index (χ4v) is 0. The minimum absolute atomic E-state index is 0. The summed E-state index contributed by atoms with van der Waals surface area (Å²) in [4.78, 5) is 0. The van der Waals surface area contributed by atoms with Gasteiger partial charge in [-0.05, 0) is 0 Å². The van der Waals surface area contributed by atoms with Gasteiger partial charge in [-0.3, -0.25) is 0 Å². The van der Waals surface area contributed by atoms with E-state index in [9.17, 15) is 0 Å². The average Bonchev–Trinajstić information content (AvgIpc) is 1.65. The van der Waals surface area contributed by atoms with E-state index in [1.807, 2.05) is 0 Å². The van der Waals surface area contributed by atoms with Crippen LogP contribution in [0.1, 0.15) is 33.6 Å². The van der Waals surface area contributed by atoms with E-state index in [1.54, 1.807) is 0 Å². The molecule has 0 saturated heterocycles. The first-order valence-electron chi connectivity index (χ1n) is 3.27. The Morgan fingerprint density at radius 1 is 1.17 bits per heavy atom. The molecule has 0 N–H and O–H groups in total. The van der Waals surface area contributed by atoms with Crippen molar-refractivity contribution in [3.63, 3.8) is 0 Å². The summed E-state index contributed by atoms with van der Waals surface area (Å²) in [5, 5.41) is 0. The molecule has 0 saturated carbocycles. The summed E-state index contributed by atoms with van der Waals surface area (Å²) in [6, 6.07) is 0. The van der Waals surface area contributed by atoms with Gasteiger partial charge >= 0.3 is 46.1 Å². The predicted octanol–water partition coefficient (Wildman–Crippen LogP) is -3.66. The summed E-state index contributed by atoms with van der Waals surface area (Å²) in [5.41, 5.74) is 0. The Labute approximate surface area is 128 Å². The van der Waals surface area contributed by atoms with Gasteiger partial charge in [-0.25, -0.2) is 0 Å². The van der Waals surface area contributed by atoms with Crippen molar-refractivity contribution in [3.05, 3.63) is 13.8 Å². The molecule has 0 heterocycles. The van der Waals surface area contributed by atoms with Gasteiger partial charge in [-0.1, -0.05) is 27.2 Å². The maximum Gasteiger partial charge on any atom is 2.00 e. The summed E-state index contributed by atoms with van der Waals surface area (Å²) in [6.45, 7) is 13.5. The van der Waals surface area contributed by atoms with Gasteiger partial charge in [0.1, 0.15) is 0 Å². The molecular formula is C8H18BrClMg2. The molecule has 0 rings (SSSR count). The van der Waals surface area contributed by atoms with Gasteiger partial charge in [0.2, 0.25) is 0 Å². The third kappa shape index (κ3) is 144. The zero-order valence-corrected chi connectivity index (χ0v) is 13.7. The maximum atomic E-state index is 3.64. The molecule has 0 amide bonds. The van der Waals surface area contributed by atoms with Crippen molar-refractivity contribution in [1.82, 2.24) is 0 Å². The standard InChI is InChI=1S/2C4H9.BrH.ClH.2Mg/c1-4(2)3;1-3-4-2;;;;/h4H,1H2,2-3H3;1,3-4H2,2H3;2*1H;;/q2*-1;;;2*+2/p-2. The molecule has 0 aliphatic carbocycles. The van der Waals surface area contributed by atoms with E-state index in [0.29, 0.717) is 5.92 Å². The van der Waals surface area contributed by atoms with Crippen LogP contribution in [0.15, 0.2) is 0 Å². The Hall–Kier alpha value is 2.30. The van der Waals surface area contributed by atoms with E-state index in [4.69, 9.17) is 0 Å². The molecule has 0 aromatic heterocycles. The van der Waals surface area contributed by atoms with Gasteiger partial charge in [0.15, 0.2) is 0 Å². The van der Waals surface area contributed by atoms with Gasteiger partial charge in [0.05, 0.1) is 0 Å². The molecule has 0 bridgehead atoms. The van der Waals surface area contributed by atoms with E-state index in [-0.39, 0.29) is 75.5 Å². The molecule has 4 heteroatoms. The molecular weight excluding hydrogens is 260 g/mol. The number of halogens is 2. The van der Waals surface area contributed by atoms with Crippen molar-refractivity contribution >= 4 is 46.1 Å². The zero-order valence-electron chi connectivity index (χ0n) is 8.58. The van der Waals surface area contributed by atoms with Gasteiger partial charge in [0, 0.05) is 0 Å². The maximum absolute atomic E-state index is 3.64. The molecule has 0 radical (unpaired) electrons. The largest absolute Gasteiger partial charge is 2.00 e. The number of hydrogen-bond acceptors (Lipinski definition) is 0. The second-order valence-electron chi connectivity index (χ2n) is 2.25. The average molecular weight is 278 g/mol. The Morgan fingerprint density at radius 2 is 1.25 bits per heavy atom. The van der Waals surface area contributed by atoms with Crippen molar-refractivity contribution in [2.75, 3.05) is 0 Å². The molecule has 0 spiro atoms. The van der Waals surface area contributed by atoms with Crippen LogP contribution in [-0.4, -0.2) is 46.1 Å². The van der Waals surface area contributed by atoms with Gasteiger partial charge in [0.25, 0.3) is 0 Å². The first-order chi connectivity index (χ1) is 3.65. The normalized spacial score (nSPS) is 5.50. The molecule has 0 aliphatic rings. The van der Waals surface area contributed by atoms with Crippen molar-refractivity contribution in [1.29, 1.82) is 0 Å². The zero-order chi connectivity index (χ0) is 6.99. The third-order valence-corrected chi connectivity index (χ3v) is 0.354. The minimum atomic E-state index is 0. The molecule has 0 aliphatic heterocycles. The molecule has 12 heavy (non-hydrogen) atoms. The number of unbranched alkanes of at least 4 members (excludes halogenated alkanes) is 1. The Bertz CT molecular complexity index is 33.5. The smallest absolute Gasteiger partial charge is 1.00 e. The van der Waals surface area contributed by atoms with Crippen LogP contribution >= 0.6 is 0 Å². The van der Waals surface area contributed by atoms with E-state index in [0.717, 1.165) is 6.42 Å². The van der Waals surface area contributed by atoms with Crippen LogP contribution in [0.2, 0.25) is 0 Å². The second-order valence-corrected chi connectivity index (χ2v) is 2.25. The Balaban J connectivity index is -0.0000000112. The summed E-state index contributed by atoms with van der Waals surface area (Å²) in [5.74, 6) is 0.583. The molecule has 0 nitrogen and oxygen atoms in total. The fourth-order valence-electron chi connectivity index (χ4n) is 0. The predicted molar refractivity (Wildman–Crippen MR) is 52.0 cm³/mol. The summed E-state index contributed by atoms with van der Waals surface area (Å²) in [6.07, 6.45) is 2.28. The van der Waals surface area contributed by atoms with Crippen molar-refractivity contribution < 1.29 is 29.4 Å². The molecule has 68 valence electrons. The van der Waals surface area contributed by atoms with Gasteiger partial charge in [-0.2, -0.15) is 12.3 Å². The van der Waals surface area contributed by atoms with Crippen molar-refractivity contribution in [2.45, 2.75) is 33.6 Å². The topological polar surface area (TPSA) is 0 Å². The van der Waals surface area contributed by atoms with Crippen LogP contribution in [0.5, 0.6) is 0 Å². The molecule has 0 aromatic carbocycles. The molecule has 0 aromatic rings. The minimum Gasteiger partial charge on any atom is -1.00 e. The molecule has 0 atom stereocenters. The second kappa shape index (κ2) is 37.8. The monoisotopic (exact) mass is 276 g/mol. The van der Waals surface area contributed by atoms with Crippen LogP contribution in [0.4, 0.5) is 0 Å². The van der Waals surface area contributed by atoms with E-state index < -0.39 is 0 Å². The van der Waals surface area contributed by atoms with Crippen LogP contribution in [0.3, 0.4) is 0 Å². The van der Waals surface area contributed by atoms with Gasteiger partial charge < -0.3 is 43.2 Å². The Kier molecular flexibility index (Phi) is 116. The number of rotatable bonds is 1. The molecule has 0 unspecified atom stereocenters. The fraction of sp³-hybridized carbons (Fsp3) is 0.750. The Morgan fingerprint density at radius 3 is 1.25 bits per heavy atom. The van der Waals surface area contributed by atoms with Crippen molar-refractivity contribution in [2.24, 2.45) is 5.92 Å². The summed E-state index contributed by atoms with van der Waals surface area (Å²) in [7, 11) is 0. The van der Waals surface area contributed by atoms with Crippen LogP contribution in [-0.2, 0) is 0 Å². The van der Waals surface area contributed by atoms with Crippen LogP contribution in [0, 0.1) is 19.8 Å². The van der Waals surface area contributed by atoms with Crippen molar-refractivity contribution in [3.8, 4) is 0 Å². The van der Waals surface area contributed by atoms with E-state index in [1.165, 1.54) is 6.42 Å². The van der Waals surface area contributed by atoms with Gasteiger partial charge in [-0.15, -0.1) is 0 Å². The third-order valence-electron chi connectivity index (χ3n) is 0.354. The quantitative estimate of drug-likeness (QED) is 0.343. The SMILES string of the molecule is [Br-].[CH2-]C(C)C.[CH2-]CCC.[Cl-].[Mg+2].[Mg+2]. The van der Waals surface area contributed by atoms with E-state index in [2.05, 4.69) is 34.6 Å². The van der Waals surface area contributed by atoms with E-state index >= 15 is 0 Å².